The zero-order chi connectivity index (χ0) is 25.8. The first-order chi connectivity index (χ1) is 18.0. The molecule has 0 aliphatic rings. The van der Waals surface area contributed by atoms with Crippen LogP contribution in [0.3, 0.4) is 0 Å². The van der Waals surface area contributed by atoms with E-state index in [2.05, 4.69) is 20.9 Å². The predicted octanol–water partition coefficient (Wildman–Crippen LogP) is 5.43. The topological polar surface area (TPSA) is 88.4 Å². The second-order valence-electron chi connectivity index (χ2n) is 7.94. The summed E-state index contributed by atoms with van der Waals surface area (Å²) in [5, 5.41) is 12.4. The predicted molar refractivity (Wildman–Crippen MR) is 144 cm³/mol. The molecule has 10 heteroatoms. The number of para-hydroxylation sites is 1. The largest absolute Gasteiger partial charge is 0.342 e. The molecule has 0 bridgehead atoms. The summed E-state index contributed by atoms with van der Waals surface area (Å²) in [7, 11) is 0. The van der Waals surface area contributed by atoms with Crippen molar-refractivity contribution in [1.29, 1.82) is 0 Å². The van der Waals surface area contributed by atoms with Gasteiger partial charge < -0.3 is 5.32 Å². The van der Waals surface area contributed by atoms with Crippen LogP contribution in [-0.2, 0) is 4.79 Å². The molecule has 0 unspecified atom stereocenters. The van der Waals surface area contributed by atoms with Gasteiger partial charge >= 0.3 is 0 Å². The fourth-order valence-electron chi connectivity index (χ4n) is 3.64. The molecule has 0 spiro atoms. The number of nitrogens with zero attached hydrogens (tertiary/aromatic N) is 3. The van der Waals surface area contributed by atoms with Gasteiger partial charge in [-0.05, 0) is 42.5 Å². The third kappa shape index (κ3) is 5.42. The number of aromatic nitrogens is 2. The Hall–Kier alpha value is -4.34. The van der Waals surface area contributed by atoms with Gasteiger partial charge in [0, 0.05) is 27.4 Å². The van der Waals surface area contributed by atoms with Crippen LogP contribution in [0.2, 0.25) is 5.02 Å². The van der Waals surface area contributed by atoms with Crippen molar-refractivity contribution in [3.8, 4) is 16.9 Å². The van der Waals surface area contributed by atoms with Gasteiger partial charge in [-0.2, -0.15) is 10.2 Å². The van der Waals surface area contributed by atoms with Gasteiger partial charge in [-0.15, -0.1) is 11.3 Å². The minimum atomic E-state index is -0.513. The second kappa shape index (κ2) is 10.7. The molecule has 0 radical (unpaired) electrons. The average molecular weight is 532 g/mol. The molecule has 0 fully saturated rings. The zero-order valence-corrected chi connectivity index (χ0v) is 20.8. The highest BCUT2D eigenvalue weighted by molar-refractivity contribution is 7.21. The molecule has 0 aliphatic carbocycles. The maximum atomic E-state index is 13.4. The molecule has 0 atom stereocenters. The number of nitrogens with one attached hydrogen (secondary N) is 2. The average Bonchev–Trinajstić information content (AvgIpc) is 3.50. The summed E-state index contributed by atoms with van der Waals surface area (Å²) in [6, 6.07) is 22.9. The van der Waals surface area contributed by atoms with Gasteiger partial charge in [0.05, 0.1) is 23.5 Å². The molecule has 2 amide bonds. The third-order valence-electron chi connectivity index (χ3n) is 5.42. The van der Waals surface area contributed by atoms with Crippen LogP contribution >= 0.6 is 22.9 Å². The maximum absolute atomic E-state index is 13.4. The number of halogens is 2. The van der Waals surface area contributed by atoms with E-state index in [-0.39, 0.29) is 12.4 Å². The lowest BCUT2D eigenvalue weighted by molar-refractivity contribution is -0.120. The Bertz CT molecular complexity index is 1610. The number of hydrogen-bond acceptors (Lipinski definition) is 5. The van der Waals surface area contributed by atoms with Crippen molar-refractivity contribution in [2.45, 2.75) is 0 Å². The van der Waals surface area contributed by atoms with Crippen LogP contribution in [-0.4, -0.2) is 34.4 Å². The lowest BCUT2D eigenvalue weighted by Gasteiger charge is -2.03. The fourth-order valence-corrected chi connectivity index (χ4v) is 5.07. The summed E-state index contributed by atoms with van der Waals surface area (Å²) < 4.78 is 16.0. The van der Waals surface area contributed by atoms with Crippen LogP contribution < -0.4 is 10.7 Å². The molecule has 0 saturated heterocycles. The van der Waals surface area contributed by atoms with Crippen molar-refractivity contribution < 1.29 is 14.0 Å². The Morgan fingerprint density at radius 2 is 1.76 bits per heavy atom. The molecule has 184 valence electrons. The number of thiophene rings is 1. The van der Waals surface area contributed by atoms with Crippen LogP contribution in [0.1, 0.15) is 15.2 Å². The Labute approximate surface area is 220 Å². The van der Waals surface area contributed by atoms with E-state index in [4.69, 9.17) is 11.6 Å². The molecule has 2 aromatic heterocycles. The summed E-state index contributed by atoms with van der Waals surface area (Å²) in [4.78, 5) is 25.2. The monoisotopic (exact) mass is 531 g/mol. The van der Waals surface area contributed by atoms with Crippen molar-refractivity contribution in [3.63, 3.8) is 0 Å². The highest BCUT2D eigenvalue weighted by Gasteiger charge is 2.17. The van der Waals surface area contributed by atoms with Gasteiger partial charge in [-0.1, -0.05) is 48.0 Å². The number of rotatable bonds is 7. The molecular weight excluding hydrogens is 513 g/mol. The second-order valence-corrected chi connectivity index (χ2v) is 9.37. The first-order valence-corrected chi connectivity index (χ1v) is 12.4. The zero-order valence-electron chi connectivity index (χ0n) is 19.2. The van der Waals surface area contributed by atoms with Crippen LogP contribution in [0.5, 0.6) is 0 Å². The van der Waals surface area contributed by atoms with Crippen molar-refractivity contribution in [2.24, 2.45) is 5.10 Å². The molecule has 0 saturated carbocycles. The van der Waals surface area contributed by atoms with Crippen LogP contribution in [0.25, 0.3) is 27.0 Å². The lowest BCUT2D eigenvalue weighted by atomic mass is 10.1. The van der Waals surface area contributed by atoms with Gasteiger partial charge in [-0.3, -0.25) is 9.59 Å². The molecule has 5 aromatic rings. The van der Waals surface area contributed by atoms with Gasteiger partial charge in [-0.25, -0.2) is 14.5 Å². The quantitative estimate of drug-likeness (QED) is 0.217. The van der Waals surface area contributed by atoms with Crippen LogP contribution in [0.15, 0.2) is 90.2 Å². The first-order valence-electron chi connectivity index (χ1n) is 11.2. The van der Waals surface area contributed by atoms with Crippen molar-refractivity contribution in [1.82, 2.24) is 20.5 Å². The van der Waals surface area contributed by atoms with E-state index in [0.29, 0.717) is 26.7 Å². The summed E-state index contributed by atoms with van der Waals surface area (Å²) in [6.45, 7) is -0.283. The Kier molecular flexibility index (Phi) is 7.07. The van der Waals surface area contributed by atoms with Crippen LogP contribution in [0, 0.1) is 5.82 Å². The highest BCUT2D eigenvalue weighted by atomic mass is 35.5. The maximum Gasteiger partial charge on any atom is 0.263 e. The number of hydrazone groups is 1. The number of amides is 2. The molecule has 5 rings (SSSR count). The molecule has 0 aliphatic heterocycles. The summed E-state index contributed by atoms with van der Waals surface area (Å²) in [5.41, 5.74) is 5.10. The van der Waals surface area contributed by atoms with Gasteiger partial charge in [0.1, 0.15) is 16.4 Å². The van der Waals surface area contributed by atoms with Gasteiger partial charge in [0.25, 0.3) is 11.8 Å². The minimum absolute atomic E-state index is 0.283. The third-order valence-corrected chi connectivity index (χ3v) is 7.10. The molecular formula is C27H19ClFN5O2S. The SMILES string of the molecule is O=C(CNC(=O)c1sc2ccccc2c1Cl)N/N=C\c1cn(-c2ccccc2)nc1-c1ccc(F)cc1. The fraction of sp³-hybridized carbons (Fsp3) is 0.0370. The summed E-state index contributed by atoms with van der Waals surface area (Å²) in [5.74, 6) is -1.30. The molecule has 7 nitrogen and oxygen atoms in total. The van der Waals surface area contributed by atoms with E-state index in [0.717, 1.165) is 15.8 Å². The standard InChI is InChI=1S/C27H19ClFN5O2S/c28-24-21-8-4-5-9-22(21)37-26(24)27(36)30-15-23(35)32-31-14-18-16-34(20-6-2-1-3-7-20)33-25(18)17-10-12-19(29)13-11-17/h1-14,16H,15H2,(H,30,36)(H,32,35)/b31-14-. The molecule has 2 heterocycles. The van der Waals surface area contributed by atoms with Gasteiger partial charge in [0.2, 0.25) is 0 Å². The number of fused-ring (bicyclic) bond motifs is 1. The van der Waals surface area contributed by atoms with E-state index in [1.807, 2.05) is 54.6 Å². The summed E-state index contributed by atoms with van der Waals surface area (Å²) >= 11 is 7.60. The number of carbonyl (C=O) groups is 2. The highest BCUT2D eigenvalue weighted by Crippen LogP contribution is 2.34. The number of carbonyl (C=O) groups excluding carboxylic acids is 2. The van der Waals surface area contributed by atoms with Crippen LogP contribution in [0.4, 0.5) is 4.39 Å². The van der Waals surface area contributed by atoms with Crippen molar-refractivity contribution >= 4 is 51.1 Å². The smallest absolute Gasteiger partial charge is 0.263 e. The number of benzene rings is 3. The van der Waals surface area contributed by atoms with E-state index >= 15 is 0 Å². The lowest BCUT2D eigenvalue weighted by Crippen LogP contribution is -2.34. The minimum Gasteiger partial charge on any atom is -0.342 e. The Morgan fingerprint density at radius 3 is 2.51 bits per heavy atom. The van der Waals surface area contributed by atoms with Gasteiger partial charge in [0.15, 0.2) is 0 Å². The number of hydrogen-bond donors (Lipinski definition) is 2. The molecule has 2 N–H and O–H groups in total. The molecule has 37 heavy (non-hydrogen) atoms. The van der Waals surface area contributed by atoms with E-state index < -0.39 is 11.8 Å². The normalized spacial score (nSPS) is 11.2. The van der Waals surface area contributed by atoms with E-state index in [9.17, 15) is 14.0 Å². The summed E-state index contributed by atoms with van der Waals surface area (Å²) in [6.07, 6.45) is 3.21. The van der Waals surface area contributed by atoms with E-state index in [1.54, 1.807) is 23.0 Å². The van der Waals surface area contributed by atoms with Crippen molar-refractivity contribution in [2.75, 3.05) is 6.54 Å². The molecule has 3 aromatic carbocycles. The first kappa shape index (κ1) is 24.4. The van der Waals surface area contributed by atoms with Crippen molar-refractivity contribution in [3.05, 3.63) is 106 Å². The Balaban J connectivity index is 1.27. The Morgan fingerprint density at radius 1 is 1.03 bits per heavy atom. The van der Waals surface area contributed by atoms with E-state index in [1.165, 1.54) is 29.7 Å².